The molecule has 1 N–H and O–H groups in total. The van der Waals surface area contributed by atoms with Gasteiger partial charge in [-0.15, -0.1) is 0 Å². The largest absolute Gasteiger partial charge is 0.454 e. The van der Waals surface area contributed by atoms with Crippen molar-refractivity contribution < 1.29 is 14.3 Å². The number of carbonyl (C=O) groups is 1. The highest BCUT2D eigenvalue weighted by atomic mass is 16.7. The van der Waals surface area contributed by atoms with Crippen molar-refractivity contribution in [2.75, 3.05) is 6.79 Å². The van der Waals surface area contributed by atoms with Gasteiger partial charge in [-0.3, -0.25) is 4.79 Å². The molecule has 0 unspecified atom stereocenters. The Morgan fingerprint density at radius 3 is 2.81 bits per heavy atom. The molecule has 2 heterocycles. The third-order valence-electron chi connectivity index (χ3n) is 5.30. The summed E-state index contributed by atoms with van der Waals surface area (Å²) in [5, 5.41) is 14.5. The zero-order chi connectivity index (χ0) is 21.9. The van der Waals surface area contributed by atoms with Gasteiger partial charge in [0.05, 0.1) is 17.8 Å². The SMILES string of the molecule is N#Cc1ccccc1Cn1cc(/C=N/NC(=O)c2ccc3c(c2)OCO3)c2ccccc21. The van der Waals surface area contributed by atoms with Crippen molar-refractivity contribution >= 4 is 23.0 Å². The van der Waals surface area contributed by atoms with E-state index in [-0.39, 0.29) is 12.7 Å². The molecule has 32 heavy (non-hydrogen) atoms. The summed E-state index contributed by atoms with van der Waals surface area (Å²) >= 11 is 0. The molecule has 0 fully saturated rings. The molecule has 7 nitrogen and oxygen atoms in total. The molecule has 3 aromatic carbocycles. The van der Waals surface area contributed by atoms with Gasteiger partial charge in [-0.05, 0) is 35.9 Å². The van der Waals surface area contributed by atoms with Crippen LogP contribution in [0.3, 0.4) is 0 Å². The molecule has 0 spiro atoms. The Balaban J connectivity index is 1.38. The minimum absolute atomic E-state index is 0.154. The van der Waals surface area contributed by atoms with Crippen molar-refractivity contribution in [2.45, 2.75) is 6.54 Å². The second kappa shape index (κ2) is 8.28. The summed E-state index contributed by atoms with van der Waals surface area (Å²) in [5.41, 5.74) is 6.46. The zero-order valence-corrected chi connectivity index (χ0v) is 17.0. The van der Waals surface area contributed by atoms with Gasteiger partial charge in [0.1, 0.15) is 0 Å². The normalized spacial score (nSPS) is 12.2. The maximum atomic E-state index is 12.5. The van der Waals surface area contributed by atoms with Crippen molar-refractivity contribution in [1.82, 2.24) is 9.99 Å². The first-order valence-corrected chi connectivity index (χ1v) is 10.0. The first kappa shape index (κ1) is 19.4. The molecule has 0 saturated carbocycles. The molecule has 1 aliphatic rings. The van der Waals surface area contributed by atoms with Crippen LogP contribution in [0, 0.1) is 11.3 Å². The van der Waals surface area contributed by atoms with Gasteiger partial charge in [0.25, 0.3) is 5.91 Å². The molecule has 5 rings (SSSR count). The van der Waals surface area contributed by atoms with Gasteiger partial charge < -0.3 is 14.0 Å². The number of amides is 1. The van der Waals surface area contributed by atoms with Crippen LogP contribution in [-0.2, 0) is 6.54 Å². The van der Waals surface area contributed by atoms with Gasteiger partial charge in [-0.2, -0.15) is 10.4 Å². The Bertz CT molecular complexity index is 1400. The van der Waals surface area contributed by atoms with E-state index in [1.54, 1.807) is 24.4 Å². The molecule has 1 amide bonds. The fraction of sp³-hybridized carbons (Fsp3) is 0.0800. The summed E-state index contributed by atoms with van der Waals surface area (Å²) in [4.78, 5) is 12.5. The summed E-state index contributed by atoms with van der Waals surface area (Å²) in [6.07, 6.45) is 3.59. The molecule has 0 saturated heterocycles. The molecule has 1 aliphatic heterocycles. The Morgan fingerprint density at radius 2 is 1.91 bits per heavy atom. The van der Waals surface area contributed by atoms with Crippen LogP contribution in [0.5, 0.6) is 11.5 Å². The Hall–Kier alpha value is -4.57. The van der Waals surface area contributed by atoms with E-state index >= 15 is 0 Å². The quantitative estimate of drug-likeness (QED) is 0.388. The van der Waals surface area contributed by atoms with Crippen LogP contribution in [0.2, 0.25) is 0 Å². The summed E-state index contributed by atoms with van der Waals surface area (Å²) in [6.45, 7) is 0.711. The van der Waals surface area contributed by atoms with Crippen LogP contribution in [0.1, 0.15) is 27.0 Å². The highest BCUT2D eigenvalue weighted by Crippen LogP contribution is 2.32. The Morgan fingerprint density at radius 1 is 1.09 bits per heavy atom. The number of ether oxygens (including phenoxy) is 2. The molecule has 0 bridgehead atoms. The number of fused-ring (bicyclic) bond motifs is 2. The van der Waals surface area contributed by atoms with Crippen LogP contribution in [0.4, 0.5) is 0 Å². The molecular weight excluding hydrogens is 404 g/mol. The van der Waals surface area contributed by atoms with Gasteiger partial charge in [0.2, 0.25) is 6.79 Å². The van der Waals surface area contributed by atoms with E-state index in [1.165, 1.54) is 0 Å². The molecule has 7 heteroatoms. The van der Waals surface area contributed by atoms with Crippen molar-refractivity contribution in [1.29, 1.82) is 5.26 Å². The second-order valence-electron chi connectivity index (χ2n) is 7.27. The minimum Gasteiger partial charge on any atom is -0.454 e. The van der Waals surface area contributed by atoms with Crippen molar-refractivity contribution in [3.05, 3.63) is 95.2 Å². The van der Waals surface area contributed by atoms with Gasteiger partial charge in [0, 0.05) is 34.8 Å². The number of nitrogens with zero attached hydrogens (tertiary/aromatic N) is 3. The van der Waals surface area contributed by atoms with E-state index in [0.29, 0.717) is 29.2 Å². The summed E-state index contributed by atoms with van der Waals surface area (Å²) in [5.74, 6) is 0.824. The first-order valence-electron chi connectivity index (χ1n) is 10.0. The number of para-hydroxylation sites is 1. The lowest BCUT2D eigenvalue weighted by molar-refractivity contribution is 0.0954. The second-order valence-corrected chi connectivity index (χ2v) is 7.27. The third-order valence-corrected chi connectivity index (χ3v) is 5.30. The van der Waals surface area contributed by atoms with Crippen molar-refractivity contribution in [3.63, 3.8) is 0 Å². The lowest BCUT2D eigenvalue weighted by atomic mass is 10.1. The monoisotopic (exact) mass is 422 g/mol. The predicted octanol–water partition coefficient (Wildman–Crippen LogP) is 4.05. The van der Waals surface area contributed by atoms with Crippen LogP contribution in [-0.4, -0.2) is 23.5 Å². The van der Waals surface area contributed by atoms with E-state index in [9.17, 15) is 10.1 Å². The van der Waals surface area contributed by atoms with E-state index in [2.05, 4.69) is 21.2 Å². The number of hydrogen-bond acceptors (Lipinski definition) is 5. The van der Waals surface area contributed by atoms with Gasteiger partial charge in [0.15, 0.2) is 11.5 Å². The van der Waals surface area contributed by atoms with E-state index in [0.717, 1.165) is 22.0 Å². The lowest BCUT2D eigenvalue weighted by Gasteiger charge is -2.07. The van der Waals surface area contributed by atoms with Crippen LogP contribution < -0.4 is 14.9 Å². The molecule has 0 atom stereocenters. The Kier molecular flexibility index (Phi) is 5.02. The number of carbonyl (C=O) groups excluding carboxylic acids is 1. The number of nitrogens with one attached hydrogen (secondary N) is 1. The summed E-state index contributed by atoms with van der Waals surface area (Å²) in [7, 11) is 0. The molecule has 1 aromatic heterocycles. The smallest absolute Gasteiger partial charge is 0.271 e. The average molecular weight is 422 g/mol. The molecule has 0 radical (unpaired) electrons. The third kappa shape index (κ3) is 3.66. The predicted molar refractivity (Wildman–Crippen MR) is 120 cm³/mol. The maximum Gasteiger partial charge on any atom is 0.271 e. The molecule has 156 valence electrons. The highest BCUT2D eigenvalue weighted by molar-refractivity contribution is 6.00. The zero-order valence-electron chi connectivity index (χ0n) is 17.0. The van der Waals surface area contributed by atoms with Crippen LogP contribution in [0.25, 0.3) is 10.9 Å². The number of hydrazone groups is 1. The first-order chi connectivity index (χ1) is 15.7. The molecular formula is C25H18N4O3. The topological polar surface area (TPSA) is 88.6 Å². The average Bonchev–Trinajstić information content (AvgIpc) is 3.44. The van der Waals surface area contributed by atoms with Crippen LogP contribution >= 0.6 is 0 Å². The fourth-order valence-corrected chi connectivity index (χ4v) is 3.72. The van der Waals surface area contributed by atoms with Gasteiger partial charge in [-0.1, -0.05) is 36.4 Å². The van der Waals surface area contributed by atoms with Gasteiger partial charge >= 0.3 is 0 Å². The summed E-state index contributed by atoms with van der Waals surface area (Å²) in [6, 6.07) is 22.7. The number of hydrogen-bond donors (Lipinski definition) is 1. The number of nitriles is 1. The minimum atomic E-state index is -0.341. The van der Waals surface area contributed by atoms with E-state index in [4.69, 9.17) is 9.47 Å². The maximum absolute atomic E-state index is 12.5. The molecule has 0 aliphatic carbocycles. The van der Waals surface area contributed by atoms with Gasteiger partial charge in [-0.25, -0.2) is 5.43 Å². The van der Waals surface area contributed by atoms with Crippen molar-refractivity contribution in [3.8, 4) is 17.6 Å². The summed E-state index contributed by atoms with van der Waals surface area (Å²) < 4.78 is 12.7. The van der Waals surface area contributed by atoms with E-state index < -0.39 is 0 Å². The van der Waals surface area contributed by atoms with Crippen molar-refractivity contribution in [2.24, 2.45) is 5.10 Å². The van der Waals surface area contributed by atoms with Crippen LogP contribution in [0.15, 0.2) is 78.0 Å². The molecule has 4 aromatic rings. The number of benzene rings is 3. The lowest BCUT2D eigenvalue weighted by Crippen LogP contribution is -2.17. The highest BCUT2D eigenvalue weighted by Gasteiger charge is 2.16. The number of aromatic nitrogens is 1. The Labute approximate surface area is 184 Å². The number of rotatable bonds is 5. The fourth-order valence-electron chi connectivity index (χ4n) is 3.72. The standard InChI is InChI=1S/C25H18N4O3/c26-12-18-5-1-2-6-19(18)14-29-15-20(21-7-3-4-8-22(21)29)13-27-28-25(30)17-9-10-23-24(11-17)32-16-31-23/h1-11,13,15H,14,16H2,(H,28,30)/b27-13+. The van der Waals surface area contributed by atoms with E-state index in [1.807, 2.05) is 54.7 Å².